The molecule has 1 aromatic carbocycles. The molecule has 3 aliphatic carbocycles. The van der Waals surface area contributed by atoms with Gasteiger partial charge in [0.1, 0.15) is 0 Å². The fourth-order valence-corrected chi connectivity index (χ4v) is 4.75. The van der Waals surface area contributed by atoms with Crippen molar-refractivity contribution in [3.05, 3.63) is 35.4 Å². The van der Waals surface area contributed by atoms with Gasteiger partial charge in [-0.2, -0.15) is 0 Å². The van der Waals surface area contributed by atoms with E-state index in [1.54, 1.807) is 12.1 Å². The highest BCUT2D eigenvalue weighted by Gasteiger charge is 2.42. The van der Waals surface area contributed by atoms with Crippen molar-refractivity contribution < 1.29 is 9.59 Å². The second-order valence-corrected chi connectivity index (χ2v) is 7.95. The van der Waals surface area contributed by atoms with Crippen LogP contribution in [0.3, 0.4) is 0 Å². The van der Waals surface area contributed by atoms with Crippen LogP contribution in [0.25, 0.3) is 0 Å². The van der Waals surface area contributed by atoms with E-state index in [1.807, 2.05) is 12.1 Å². The van der Waals surface area contributed by atoms with Gasteiger partial charge >= 0.3 is 0 Å². The molecule has 3 saturated carbocycles. The van der Waals surface area contributed by atoms with Crippen LogP contribution in [0.5, 0.6) is 0 Å². The van der Waals surface area contributed by atoms with Crippen LogP contribution in [0.1, 0.15) is 60.9 Å². The number of fused-ring (bicyclic) bond motifs is 2. The standard InChI is InChI=1S/C20H26N2O2/c21-20(24)15-4-1-13(2-5-15)12-22(18-7-8-18)19(23)11-17-10-14-3-6-16(17)9-14/h1-2,4-5,14,16-18H,3,6-12H2,(H2,21,24)/t14-,16-,17+/m0/s1. The minimum atomic E-state index is -0.409. The minimum Gasteiger partial charge on any atom is -0.366 e. The molecule has 4 heteroatoms. The van der Waals surface area contributed by atoms with Crippen molar-refractivity contribution in [2.75, 3.05) is 0 Å². The lowest BCUT2D eigenvalue weighted by Crippen LogP contribution is -2.34. The number of benzene rings is 1. The molecule has 3 aliphatic rings. The minimum absolute atomic E-state index is 0.328. The van der Waals surface area contributed by atoms with Crippen LogP contribution in [0.4, 0.5) is 0 Å². The van der Waals surface area contributed by atoms with Crippen molar-refractivity contribution in [1.82, 2.24) is 4.90 Å². The Morgan fingerprint density at radius 2 is 1.79 bits per heavy atom. The van der Waals surface area contributed by atoms with Crippen LogP contribution in [0, 0.1) is 17.8 Å². The largest absolute Gasteiger partial charge is 0.366 e. The van der Waals surface area contributed by atoms with E-state index in [0.29, 0.717) is 30.0 Å². The quantitative estimate of drug-likeness (QED) is 0.873. The van der Waals surface area contributed by atoms with Gasteiger partial charge in [0.2, 0.25) is 11.8 Å². The second-order valence-electron chi connectivity index (χ2n) is 7.95. The molecule has 3 atom stereocenters. The fraction of sp³-hybridized carbons (Fsp3) is 0.600. The van der Waals surface area contributed by atoms with Gasteiger partial charge in [-0.25, -0.2) is 0 Å². The smallest absolute Gasteiger partial charge is 0.248 e. The van der Waals surface area contributed by atoms with Gasteiger partial charge in [0.25, 0.3) is 0 Å². The number of hydrogen-bond acceptors (Lipinski definition) is 2. The number of amides is 2. The molecule has 0 radical (unpaired) electrons. The van der Waals surface area contributed by atoms with Crippen molar-refractivity contribution in [3.8, 4) is 0 Å². The topological polar surface area (TPSA) is 63.4 Å². The summed E-state index contributed by atoms with van der Waals surface area (Å²) in [6, 6.07) is 7.76. The lowest BCUT2D eigenvalue weighted by atomic mass is 9.86. The van der Waals surface area contributed by atoms with E-state index in [9.17, 15) is 9.59 Å². The van der Waals surface area contributed by atoms with Crippen LogP contribution in [0.2, 0.25) is 0 Å². The normalized spacial score (nSPS) is 28.1. The third kappa shape index (κ3) is 3.19. The van der Waals surface area contributed by atoms with E-state index in [1.165, 1.54) is 25.7 Å². The molecule has 4 nitrogen and oxygen atoms in total. The van der Waals surface area contributed by atoms with Gasteiger partial charge in [0.15, 0.2) is 0 Å². The molecular formula is C20H26N2O2. The van der Waals surface area contributed by atoms with E-state index in [0.717, 1.165) is 36.7 Å². The van der Waals surface area contributed by atoms with Gasteiger partial charge in [0.05, 0.1) is 0 Å². The van der Waals surface area contributed by atoms with E-state index in [2.05, 4.69) is 4.90 Å². The molecule has 2 amide bonds. The lowest BCUT2D eigenvalue weighted by Gasteiger charge is -2.27. The molecule has 0 heterocycles. The number of carbonyl (C=O) groups excluding carboxylic acids is 2. The Morgan fingerprint density at radius 3 is 2.33 bits per heavy atom. The SMILES string of the molecule is NC(=O)c1ccc(CN(C(=O)C[C@H]2C[C@H]3CC[C@H]2C3)C2CC2)cc1. The average Bonchev–Trinajstić information content (AvgIpc) is 3.20. The van der Waals surface area contributed by atoms with Crippen LogP contribution in [-0.2, 0) is 11.3 Å². The van der Waals surface area contributed by atoms with Crippen LogP contribution in [0.15, 0.2) is 24.3 Å². The Bertz CT molecular complexity index is 636. The number of carbonyl (C=O) groups is 2. The van der Waals surface area contributed by atoms with Gasteiger partial charge < -0.3 is 10.6 Å². The summed E-state index contributed by atoms with van der Waals surface area (Å²) in [5.74, 6) is 2.23. The number of primary amides is 1. The molecule has 128 valence electrons. The second kappa shape index (κ2) is 6.23. The number of hydrogen-bond donors (Lipinski definition) is 1. The summed E-state index contributed by atoms with van der Waals surface area (Å²) in [6.45, 7) is 0.656. The highest BCUT2D eigenvalue weighted by atomic mass is 16.2. The first-order chi connectivity index (χ1) is 11.6. The van der Waals surface area contributed by atoms with Gasteiger partial charge in [-0.05, 0) is 67.6 Å². The third-order valence-electron chi connectivity index (χ3n) is 6.22. The Hall–Kier alpha value is -1.84. The summed E-state index contributed by atoms with van der Waals surface area (Å²) in [5.41, 5.74) is 6.88. The summed E-state index contributed by atoms with van der Waals surface area (Å²) < 4.78 is 0. The first-order valence-electron chi connectivity index (χ1n) is 9.28. The van der Waals surface area contributed by atoms with Crippen LogP contribution >= 0.6 is 0 Å². The van der Waals surface area contributed by atoms with E-state index >= 15 is 0 Å². The molecule has 24 heavy (non-hydrogen) atoms. The number of rotatable bonds is 6. The Kier molecular flexibility index (Phi) is 4.07. The summed E-state index contributed by atoms with van der Waals surface area (Å²) in [5, 5.41) is 0. The zero-order valence-corrected chi connectivity index (χ0v) is 14.1. The molecule has 0 spiro atoms. The zero-order valence-electron chi connectivity index (χ0n) is 14.1. The third-order valence-corrected chi connectivity index (χ3v) is 6.22. The van der Waals surface area contributed by atoms with E-state index < -0.39 is 5.91 Å². The molecule has 2 bridgehead atoms. The predicted molar refractivity (Wildman–Crippen MR) is 92.1 cm³/mol. The van der Waals surface area contributed by atoms with Gasteiger partial charge in [0, 0.05) is 24.6 Å². The van der Waals surface area contributed by atoms with Crippen LogP contribution in [-0.4, -0.2) is 22.8 Å². The first kappa shape index (κ1) is 15.7. The molecule has 2 N–H and O–H groups in total. The summed E-state index contributed by atoms with van der Waals surface area (Å²) in [7, 11) is 0. The molecule has 0 saturated heterocycles. The van der Waals surface area contributed by atoms with Crippen molar-refractivity contribution in [2.45, 2.75) is 57.5 Å². The van der Waals surface area contributed by atoms with Crippen molar-refractivity contribution >= 4 is 11.8 Å². The Balaban J connectivity index is 1.40. The fourth-order valence-electron chi connectivity index (χ4n) is 4.75. The molecule has 0 aliphatic heterocycles. The van der Waals surface area contributed by atoms with E-state index in [4.69, 9.17) is 5.73 Å². The summed E-state index contributed by atoms with van der Waals surface area (Å²) in [4.78, 5) is 26.1. The maximum atomic E-state index is 12.9. The number of nitrogens with two attached hydrogens (primary N) is 1. The highest BCUT2D eigenvalue weighted by molar-refractivity contribution is 5.92. The molecule has 0 aromatic heterocycles. The van der Waals surface area contributed by atoms with Crippen molar-refractivity contribution in [2.24, 2.45) is 23.5 Å². The van der Waals surface area contributed by atoms with E-state index in [-0.39, 0.29) is 0 Å². The van der Waals surface area contributed by atoms with Crippen molar-refractivity contribution in [1.29, 1.82) is 0 Å². The average molecular weight is 326 g/mol. The molecule has 4 rings (SSSR count). The Morgan fingerprint density at radius 1 is 1.04 bits per heavy atom. The molecule has 3 fully saturated rings. The molecule has 1 aromatic rings. The molecule has 0 unspecified atom stereocenters. The summed E-state index contributed by atoms with van der Waals surface area (Å²) in [6.07, 6.45) is 8.33. The van der Waals surface area contributed by atoms with Gasteiger partial charge in [-0.3, -0.25) is 9.59 Å². The monoisotopic (exact) mass is 326 g/mol. The summed E-state index contributed by atoms with van der Waals surface area (Å²) >= 11 is 0. The highest BCUT2D eigenvalue weighted by Crippen LogP contribution is 2.49. The zero-order chi connectivity index (χ0) is 16.7. The maximum absolute atomic E-state index is 12.9. The van der Waals surface area contributed by atoms with Gasteiger partial charge in [-0.15, -0.1) is 0 Å². The first-order valence-corrected chi connectivity index (χ1v) is 9.28. The molecular weight excluding hydrogens is 300 g/mol. The number of nitrogens with zero attached hydrogens (tertiary/aromatic N) is 1. The maximum Gasteiger partial charge on any atom is 0.248 e. The van der Waals surface area contributed by atoms with Gasteiger partial charge in [-0.1, -0.05) is 18.6 Å². The Labute approximate surface area is 143 Å². The predicted octanol–water partition coefficient (Wildman–Crippen LogP) is 3.10. The lowest BCUT2D eigenvalue weighted by molar-refractivity contribution is -0.133. The van der Waals surface area contributed by atoms with Crippen LogP contribution < -0.4 is 5.73 Å². The van der Waals surface area contributed by atoms with Crippen molar-refractivity contribution in [3.63, 3.8) is 0 Å².